The summed E-state index contributed by atoms with van der Waals surface area (Å²) >= 11 is 7.31. The van der Waals surface area contributed by atoms with Crippen molar-refractivity contribution in [2.75, 3.05) is 12.4 Å². The molecule has 0 heterocycles. The molecule has 19 heavy (non-hydrogen) atoms. The SMILES string of the molecule is CCOC(=O)C(N)CCSCc1cc(Cl)ccc1F. The molecule has 0 saturated heterocycles. The van der Waals surface area contributed by atoms with Crippen LogP contribution in [0.5, 0.6) is 0 Å². The Labute approximate surface area is 121 Å². The van der Waals surface area contributed by atoms with Gasteiger partial charge in [0.2, 0.25) is 0 Å². The van der Waals surface area contributed by atoms with Gasteiger partial charge in [0.25, 0.3) is 0 Å². The van der Waals surface area contributed by atoms with Crippen LogP contribution in [0.4, 0.5) is 4.39 Å². The second-order valence-corrected chi connectivity index (χ2v) is 5.48. The summed E-state index contributed by atoms with van der Waals surface area (Å²) in [4.78, 5) is 11.3. The highest BCUT2D eigenvalue weighted by molar-refractivity contribution is 7.98. The fraction of sp³-hybridized carbons (Fsp3) is 0.462. The maximum absolute atomic E-state index is 13.4. The molecule has 0 aromatic heterocycles. The van der Waals surface area contributed by atoms with Gasteiger partial charge in [-0.05, 0) is 42.9 Å². The molecule has 0 spiro atoms. The standard InChI is InChI=1S/C13H17ClFNO2S/c1-2-18-13(17)12(16)5-6-19-8-9-7-10(14)3-4-11(9)15/h3-4,7,12H,2,5-6,8,16H2,1H3. The molecular formula is C13H17ClFNO2S. The maximum atomic E-state index is 13.4. The smallest absolute Gasteiger partial charge is 0.322 e. The fourth-order valence-corrected chi connectivity index (χ4v) is 2.61. The minimum atomic E-state index is -0.614. The number of esters is 1. The van der Waals surface area contributed by atoms with E-state index in [1.807, 2.05) is 0 Å². The molecular weight excluding hydrogens is 289 g/mol. The fourth-order valence-electron chi connectivity index (χ4n) is 1.41. The number of hydrogen-bond donors (Lipinski definition) is 1. The van der Waals surface area contributed by atoms with Crippen molar-refractivity contribution in [1.82, 2.24) is 0 Å². The van der Waals surface area contributed by atoms with Gasteiger partial charge in [-0.3, -0.25) is 4.79 Å². The number of carbonyl (C=O) groups is 1. The molecule has 3 nitrogen and oxygen atoms in total. The molecule has 6 heteroatoms. The van der Waals surface area contributed by atoms with Crippen molar-refractivity contribution >= 4 is 29.3 Å². The predicted molar refractivity (Wildman–Crippen MR) is 76.8 cm³/mol. The third kappa shape index (κ3) is 5.80. The van der Waals surface area contributed by atoms with Crippen LogP contribution in [0.3, 0.4) is 0 Å². The Morgan fingerprint density at radius 3 is 3.00 bits per heavy atom. The Balaban J connectivity index is 2.31. The van der Waals surface area contributed by atoms with Gasteiger partial charge in [0.1, 0.15) is 11.9 Å². The zero-order valence-electron chi connectivity index (χ0n) is 10.7. The lowest BCUT2D eigenvalue weighted by Crippen LogP contribution is -2.32. The summed E-state index contributed by atoms with van der Waals surface area (Å²) in [6.45, 7) is 2.06. The van der Waals surface area contributed by atoms with E-state index < -0.39 is 12.0 Å². The second kappa shape index (κ2) is 8.40. The number of benzene rings is 1. The van der Waals surface area contributed by atoms with E-state index >= 15 is 0 Å². The van der Waals surface area contributed by atoms with Gasteiger partial charge in [-0.15, -0.1) is 0 Å². The van der Waals surface area contributed by atoms with Crippen LogP contribution in [0, 0.1) is 5.82 Å². The van der Waals surface area contributed by atoms with Crippen LogP contribution in [-0.4, -0.2) is 24.4 Å². The first-order valence-corrected chi connectivity index (χ1v) is 7.51. The summed E-state index contributed by atoms with van der Waals surface area (Å²) in [6, 6.07) is 3.86. The van der Waals surface area contributed by atoms with E-state index in [9.17, 15) is 9.18 Å². The molecule has 0 aliphatic heterocycles. The van der Waals surface area contributed by atoms with Gasteiger partial charge in [0.15, 0.2) is 0 Å². The van der Waals surface area contributed by atoms with E-state index in [-0.39, 0.29) is 5.82 Å². The van der Waals surface area contributed by atoms with Crippen LogP contribution < -0.4 is 5.73 Å². The van der Waals surface area contributed by atoms with Crippen LogP contribution in [0.2, 0.25) is 5.02 Å². The highest BCUT2D eigenvalue weighted by atomic mass is 35.5. The number of thioether (sulfide) groups is 1. The van der Waals surface area contributed by atoms with Crippen molar-refractivity contribution in [3.8, 4) is 0 Å². The average Bonchev–Trinajstić information content (AvgIpc) is 2.38. The van der Waals surface area contributed by atoms with E-state index in [1.165, 1.54) is 23.9 Å². The number of rotatable bonds is 7. The molecule has 1 atom stereocenters. The van der Waals surface area contributed by atoms with Gasteiger partial charge in [0.05, 0.1) is 6.61 Å². The van der Waals surface area contributed by atoms with Crippen LogP contribution in [0.15, 0.2) is 18.2 Å². The summed E-state index contributed by atoms with van der Waals surface area (Å²) in [6.07, 6.45) is 0.506. The molecule has 0 amide bonds. The summed E-state index contributed by atoms with van der Waals surface area (Å²) in [7, 11) is 0. The van der Waals surface area contributed by atoms with Crippen LogP contribution >= 0.6 is 23.4 Å². The number of hydrogen-bond acceptors (Lipinski definition) is 4. The molecule has 1 aromatic rings. The van der Waals surface area contributed by atoms with Crippen molar-refractivity contribution in [2.24, 2.45) is 5.73 Å². The molecule has 0 radical (unpaired) electrons. The molecule has 0 aliphatic carbocycles. The Hall–Kier alpha value is -0.780. The van der Waals surface area contributed by atoms with Crippen molar-refractivity contribution in [2.45, 2.75) is 25.1 Å². The van der Waals surface area contributed by atoms with Gasteiger partial charge in [0, 0.05) is 10.8 Å². The number of nitrogens with two attached hydrogens (primary N) is 1. The minimum absolute atomic E-state index is 0.272. The van der Waals surface area contributed by atoms with E-state index in [1.54, 1.807) is 13.0 Å². The quantitative estimate of drug-likeness (QED) is 0.621. The lowest BCUT2D eigenvalue weighted by Gasteiger charge is -2.10. The first-order valence-electron chi connectivity index (χ1n) is 5.98. The zero-order chi connectivity index (χ0) is 14.3. The highest BCUT2D eigenvalue weighted by Crippen LogP contribution is 2.20. The predicted octanol–water partition coefficient (Wildman–Crippen LogP) is 2.99. The molecule has 2 N–H and O–H groups in total. The lowest BCUT2D eigenvalue weighted by atomic mass is 10.2. The lowest BCUT2D eigenvalue weighted by molar-refractivity contribution is -0.144. The largest absolute Gasteiger partial charge is 0.465 e. The van der Waals surface area contributed by atoms with Gasteiger partial charge < -0.3 is 10.5 Å². The topological polar surface area (TPSA) is 52.3 Å². The summed E-state index contributed by atoms with van der Waals surface area (Å²) in [5.74, 6) is 0.497. The monoisotopic (exact) mass is 305 g/mol. The van der Waals surface area contributed by atoms with Crippen molar-refractivity contribution < 1.29 is 13.9 Å². The number of ether oxygens (including phenoxy) is 1. The number of halogens is 2. The van der Waals surface area contributed by atoms with Crippen LogP contribution in [-0.2, 0) is 15.3 Å². The highest BCUT2D eigenvalue weighted by Gasteiger charge is 2.14. The Morgan fingerprint density at radius 1 is 1.58 bits per heavy atom. The average molecular weight is 306 g/mol. The molecule has 1 rings (SSSR count). The molecule has 106 valence electrons. The van der Waals surface area contributed by atoms with Crippen LogP contribution in [0.25, 0.3) is 0 Å². The van der Waals surface area contributed by atoms with E-state index in [0.717, 1.165) is 0 Å². The van der Waals surface area contributed by atoms with E-state index in [4.69, 9.17) is 22.1 Å². The van der Waals surface area contributed by atoms with Crippen molar-refractivity contribution in [3.63, 3.8) is 0 Å². The molecule has 0 saturated carbocycles. The van der Waals surface area contributed by atoms with Gasteiger partial charge in [-0.1, -0.05) is 11.6 Å². The molecule has 1 aromatic carbocycles. The molecule has 1 unspecified atom stereocenters. The summed E-state index contributed by atoms with van der Waals surface area (Å²) < 4.78 is 18.2. The maximum Gasteiger partial charge on any atom is 0.322 e. The Morgan fingerprint density at radius 2 is 2.32 bits per heavy atom. The molecule has 0 fully saturated rings. The summed E-state index contributed by atoms with van der Waals surface area (Å²) in [5, 5.41) is 0.514. The molecule has 0 aliphatic rings. The van der Waals surface area contributed by atoms with E-state index in [2.05, 4.69) is 0 Å². The second-order valence-electron chi connectivity index (χ2n) is 3.94. The number of carbonyl (C=O) groups excluding carboxylic acids is 1. The third-order valence-corrected chi connectivity index (χ3v) is 3.70. The molecule has 0 bridgehead atoms. The summed E-state index contributed by atoms with van der Waals surface area (Å²) in [5.41, 5.74) is 6.21. The van der Waals surface area contributed by atoms with Crippen molar-refractivity contribution in [1.29, 1.82) is 0 Å². The van der Waals surface area contributed by atoms with Crippen LogP contribution in [0.1, 0.15) is 18.9 Å². The Kier molecular flexibility index (Phi) is 7.20. The third-order valence-electron chi connectivity index (χ3n) is 2.43. The minimum Gasteiger partial charge on any atom is -0.465 e. The Bertz CT molecular complexity index is 431. The first kappa shape index (κ1) is 16.3. The normalized spacial score (nSPS) is 12.2. The van der Waals surface area contributed by atoms with Gasteiger partial charge >= 0.3 is 5.97 Å². The van der Waals surface area contributed by atoms with Gasteiger partial charge in [-0.25, -0.2) is 4.39 Å². The van der Waals surface area contributed by atoms with E-state index in [0.29, 0.717) is 35.1 Å². The van der Waals surface area contributed by atoms with Crippen molar-refractivity contribution in [3.05, 3.63) is 34.6 Å². The van der Waals surface area contributed by atoms with Gasteiger partial charge in [-0.2, -0.15) is 11.8 Å². The first-order chi connectivity index (χ1) is 9.04. The zero-order valence-corrected chi connectivity index (χ0v) is 12.3.